The minimum Gasteiger partial charge on any atom is -0.342 e. The normalized spacial score (nSPS) is 26.5. The third-order valence-corrected chi connectivity index (χ3v) is 8.67. The summed E-state index contributed by atoms with van der Waals surface area (Å²) in [5.74, 6) is -0.351. The van der Waals surface area contributed by atoms with Gasteiger partial charge in [-0.05, 0) is 38.4 Å². The van der Waals surface area contributed by atoms with Crippen LogP contribution in [0.4, 0.5) is 0 Å². The number of fused-ring (bicyclic) bond motifs is 3. The molecule has 0 aromatic heterocycles. The molecule has 4 rings (SSSR count). The highest BCUT2D eigenvalue weighted by molar-refractivity contribution is 8.01. The summed E-state index contributed by atoms with van der Waals surface area (Å²) in [6.45, 7) is 11.1. The van der Waals surface area contributed by atoms with E-state index in [0.29, 0.717) is 18.7 Å². The molecule has 1 N–H and O–H groups in total. The number of hydrogen-bond donors (Lipinski definition) is 1. The molecule has 4 atom stereocenters. The van der Waals surface area contributed by atoms with E-state index < -0.39 is 16.8 Å². The van der Waals surface area contributed by atoms with Crippen LogP contribution in [0.1, 0.15) is 55.4 Å². The van der Waals surface area contributed by atoms with Gasteiger partial charge in [0.1, 0.15) is 17.5 Å². The molecule has 0 saturated carbocycles. The summed E-state index contributed by atoms with van der Waals surface area (Å²) >= 11 is 1.64. The van der Waals surface area contributed by atoms with E-state index >= 15 is 0 Å². The van der Waals surface area contributed by atoms with Crippen molar-refractivity contribution in [3.05, 3.63) is 35.4 Å². The van der Waals surface area contributed by atoms with Crippen LogP contribution in [-0.2, 0) is 9.59 Å². The molecule has 1 aromatic rings. The van der Waals surface area contributed by atoms with Gasteiger partial charge in [-0.3, -0.25) is 14.4 Å². The van der Waals surface area contributed by atoms with E-state index in [1.54, 1.807) is 16.7 Å². The molecule has 0 spiro atoms. The van der Waals surface area contributed by atoms with E-state index in [-0.39, 0.29) is 29.0 Å². The summed E-state index contributed by atoms with van der Waals surface area (Å²) in [5, 5.41) is 2.92. The third-order valence-electron chi connectivity index (χ3n) is 7.14. The van der Waals surface area contributed by atoms with Gasteiger partial charge in [0.15, 0.2) is 0 Å². The predicted octanol–water partition coefficient (Wildman–Crippen LogP) is 2.34. The minimum absolute atomic E-state index is 0.00514. The van der Waals surface area contributed by atoms with Crippen molar-refractivity contribution in [1.82, 2.24) is 20.0 Å². The van der Waals surface area contributed by atoms with Gasteiger partial charge in [-0.25, -0.2) is 0 Å². The fourth-order valence-electron chi connectivity index (χ4n) is 4.94. The molecule has 0 radical (unpaired) electrons. The summed E-state index contributed by atoms with van der Waals surface area (Å²) in [6.07, 6.45) is 0.782. The van der Waals surface area contributed by atoms with Crippen LogP contribution in [0, 0.1) is 5.92 Å². The lowest BCUT2D eigenvalue weighted by Crippen LogP contribution is -2.60. The second-order valence-corrected chi connectivity index (χ2v) is 11.5. The average Bonchev–Trinajstić information content (AvgIpc) is 3.20. The SMILES string of the molecule is CC[C@H](C)[C@H](NC(=O)[C@H]1N2C(=O)c3ccccc3[C@@H]2SC1(C)C)C(=O)N1CCN(C)CC1. The summed E-state index contributed by atoms with van der Waals surface area (Å²) < 4.78 is -0.463. The molecule has 2 saturated heterocycles. The molecule has 32 heavy (non-hydrogen) atoms. The lowest BCUT2D eigenvalue weighted by Gasteiger charge is -2.37. The van der Waals surface area contributed by atoms with E-state index in [1.807, 2.05) is 56.9 Å². The lowest BCUT2D eigenvalue weighted by atomic mass is 9.95. The lowest BCUT2D eigenvalue weighted by molar-refractivity contribution is -0.140. The van der Waals surface area contributed by atoms with Crippen molar-refractivity contribution in [2.75, 3.05) is 33.2 Å². The zero-order valence-corrected chi connectivity index (χ0v) is 20.4. The van der Waals surface area contributed by atoms with Crippen LogP contribution in [-0.4, -0.2) is 82.5 Å². The third kappa shape index (κ3) is 3.92. The Morgan fingerprint density at radius 3 is 2.50 bits per heavy atom. The van der Waals surface area contributed by atoms with E-state index in [4.69, 9.17) is 0 Å². The second kappa shape index (κ2) is 8.71. The minimum atomic E-state index is -0.635. The predicted molar refractivity (Wildman–Crippen MR) is 126 cm³/mol. The molecule has 3 aliphatic heterocycles. The van der Waals surface area contributed by atoms with E-state index in [1.165, 1.54) is 0 Å². The Morgan fingerprint density at radius 1 is 1.19 bits per heavy atom. The zero-order chi connectivity index (χ0) is 23.2. The Morgan fingerprint density at radius 2 is 1.84 bits per heavy atom. The Hall–Kier alpha value is -2.06. The van der Waals surface area contributed by atoms with Crippen molar-refractivity contribution in [3.63, 3.8) is 0 Å². The maximum absolute atomic E-state index is 13.7. The van der Waals surface area contributed by atoms with Crippen LogP contribution < -0.4 is 5.32 Å². The fraction of sp³-hybridized carbons (Fsp3) is 0.625. The number of carbonyl (C=O) groups excluding carboxylic acids is 3. The number of thioether (sulfide) groups is 1. The maximum atomic E-state index is 13.7. The fourth-order valence-corrected chi connectivity index (χ4v) is 6.53. The number of nitrogens with zero attached hydrogens (tertiary/aromatic N) is 3. The van der Waals surface area contributed by atoms with Gasteiger partial charge in [0, 0.05) is 36.5 Å². The van der Waals surface area contributed by atoms with Gasteiger partial charge < -0.3 is 20.0 Å². The Balaban J connectivity index is 1.56. The molecule has 0 aliphatic carbocycles. The van der Waals surface area contributed by atoms with Crippen LogP contribution in [0.15, 0.2) is 24.3 Å². The largest absolute Gasteiger partial charge is 0.342 e. The first kappa shape index (κ1) is 23.1. The molecule has 174 valence electrons. The summed E-state index contributed by atoms with van der Waals surface area (Å²) in [7, 11) is 2.05. The number of carbonyl (C=O) groups is 3. The highest BCUT2D eigenvalue weighted by atomic mass is 32.2. The van der Waals surface area contributed by atoms with Gasteiger partial charge in [0.05, 0.1) is 0 Å². The van der Waals surface area contributed by atoms with Crippen LogP contribution in [0.5, 0.6) is 0 Å². The number of piperazine rings is 1. The van der Waals surface area contributed by atoms with Gasteiger partial charge in [-0.1, -0.05) is 38.5 Å². The topological polar surface area (TPSA) is 73.0 Å². The monoisotopic (exact) mass is 458 g/mol. The van der Waals surface area contributed by atoms with Gasteiger partial charge in [0.25, 0.3) is 5.91 Å². The molecular formula is C24H34N4O3S. The molecule has 3 amide bonds. The van der Waals surface area contributed by atoms with Crippen molar-refractivity contribution < 1.29 is 14.4 Å². The number of hydrogen-bond acceptors (Lipinski definition) is 5. The first-order valence-corrected chi connectivity index (χ1v) is 12.4. The van der Waals surface area contributed by atoms with Crippen molar-refractivity contribution in [1.29, 1.82) is 0 Å². The average molecular weight is 459 g/mol. The number of amides is 3. The first-order chi connectivity index (χ1) is 15.2. The molecule has 2 fully saturated rings. The zero-order valence-electron chi connectivity index (χ0n) is 19.6. The molecule has 0 bridgehead atoms. The van der Waals surface area contributed by atoms with Gasteiger partial charge in [0.2, 0.25) is 11.8 Å². The second-order valence-electron chi connectivity index (χ2n) is 9.78. The van der Waals surface area contributed by atoms with E-state index in [0.717, 1.165) is 25.1 Å². The number of likely N-dealkylation sites (N-methyl/N-ethyl adjacent to an activating group) is 1. The Labute approximate surface area is 194 Å². The Kier molecular flexibility index (Phi) is 6.29. The molecule has 1 aromatic carbocycles. The standard InChI is InChI=1S/C24H34N4O3S/c1-6-15(2)18(22(31)27-13-11-26(5)12-14-27)25-20(29)19-24(3,4)32-23-17-10-8-7-9-16(17)21(30)28(19)23/h7-10,15,18-19,23H,6,11-14H2,1-5H3,(H,25,29)/t15-,18-,19+,23-/m0/s1. The molecule has 8 heteroatoms. The van der Waals surface area contributed by atoms with E-state index in [2.05, 4.69) is 17.3 Å². The summed E-state index contributed by atoms with van der Waals surface area (Å²) in [4.78, 5) is 46.1. The highest BCUT2D eigenvalue weighted by Crippen LogP contribution is 2.56. The van der Waals surface area contributed by atoms with Gasteiger partial charge in [-0.15, -0.1) is 11.8 Å². The maximum Gasteiger partial charge on any atom is 0.256 e. The van der Waals surface area contributed by atoms with Crippen molar-refractivity contribution in [2.24, 2.45) is 5.92 Å². The summed E-state index contributed by atoms with van der Waals surface area (Å²) in [6, 6.07) is 6.37. The quantitative estimate of drug-likeness (QED) is 0.733. The van der Waals surface area contributed by atoms with Crippen LogP contribution in [0.3, 0.4) is 0 Å². The van der Waals surface area contributed by atoms with Crippen LogP contribution in [0.25, 0.3) is 0 Å². The molecule has 0 unspecified atom stereocenters. The van der Waals surface area contributed by atoms with Crippen LogP contribution >= 0.6 is 11.8 Å². The molecule has 3 heterocycles. The molecule has 3 aliphatic rings. The van der Waals surface area contributed by atoms with Gasteiger partial charge in [-0.2, -0.15) is 0 Å². The highest BCUT2D eigenvalue weighted by Gasteiger charge is 2.57. The van der Waals surface area contributed by atoms with Crippen molar-refractivity contribution >= 4 is 29.5 Å². The smallest absolute Gasteiger partial charge is 0.256 e. The number of benzene rings is 1. The number of rotatable bonds is 5. The van der Waals surface area contributed by atoms with Crippen molar-refractivity contribution in [2.45, 2.75) is 56.3 Å². The van der Waals surface area contributed by atoms with Crippen molar-refractivity contribution in [3.8, 4) is 0 Å². The number of nitrogens with one attached hydrogen (secondary N) is 1. The first-order valence-electron chi connectivity index (χ1n) is 11.5. The molecular weight excluding hydrogens is 424 g/mol. The molecule has 7 nitrogen and oxygen atoms in total. The van der Waals surface area contributed by atoms with E-state index in [9.17, 15) is 14.4 Å². The van der Waals surface area contributed by atoms with Crippen LogP contribution in [0.2, 0.25) is 0 Å². The Bertz CT molecular complexity index is 912. The summed E-state index contributed by atoms with van der Waals surface area (Å²) in [5.41, 5.74) is 1.64. The van der Waals surface area contributed by atoms with Gasteiger partial charge >= 0.3 is 0 Å².